The largest absolute Gasteiger partial charge is 0.380 e. The second-order valence-electron chi connectivity index (χ2n) is 3.20. The molecule has 1 N–H and O–H groups in total. The van der Waals surface area contributed by atoms with Crippen molar-refractivity contribution in [1.82, 2.24) is 4.98 Å². The number of aliphatic hydroxyl groups is 1. The van der Waals surface area contributed by atoms with E-state index in [1.807, 2.05) is 0 Å². The Kier molecular flexibility index (Phi) is 2.24. The monoisotopic (exact) mass is 211 g/mol. The number of nitriles is 2. The molecule has 0 amide bonds. The molecule has 0 bridgehead atoms. The van der Waals surface area contributed by atoms with Gasteiger partial charge in [-0.05, 0) is 6.07 Å². The summed E-state index contributed by atoms with van der Waals surface area (Å²) >= 11 is 0. The van der Waals surface area contributed by atoms with Crippen LogP contribution in [0.5, 0.6) is 0 Å². The Morgan fingerprint density at radius 3 is 2.69 bits per heavy atom. The molecule has 2 rings (SSSR count). The summed E-state index contributed by atoms with van der Waals surface area (Å²) in [6.07, 6.45) is 1.35. The van der Waals surface area contributed by atoms with Crippen LogP contribution in [-0.4, -0.2) is 22.0 Å². The standard InChI is InChI=1S/C11H5N3O2/c12-3-6(4-13)9-8-5-14-2-1-7(8)10(15)11(9)16/h1-2,5,11,16H. The molecule has 5 nitrogen and oxygen atoms in total. The molecule has 0 aliphatic heterocycles. The summed E-state index contributed by atoms with van der Waals surface area (Å²) in [6, 6.07) is 4.79. The first kappa shape index (κ1) is 10.0. The molecule has 1 unspecified atom stereocenters. The fraction of sp³-hybridized carbons (Fsp3) is 0.0909. The van der Waals surface area contributed by atoms with Crippen LogP contribution in [0.4, 0.5) is 0 Å². The lowest BCUT2D eigenvalue weighted by Crippen LogP contribution is -2.14. The van der Waals surface area contributed by atoms with Gasteiger partial charge in [-0.1, -0.05) is 0 Å². The molecule has 1 aromatic rings. The van der Waals surface area contributed by atoms with E-state index in [0.717, 1.165) is 0 Å². The zero-order valence-corrected chi connectivity index (χ0v) is 8.01. The van der Waals surface area contributed by atoms with E-state index in [2.05, 4.69) is 4.98 Å². The molecule has 1 atom stereocenters. The number of hydrogen-bond donors (Lipinski definition) is 1. The number of pyridine rings is 1. The van der Waals surface area contributed by atoms with Crippen molar-refractivity contribution >= 4 is 11.4 Å². The average molecular weight is 211 g/mol. The van der Waals surface area contributed by atoms with Crippen LogP contribution >= 0.6 is 0 Å². The van der Waals surface area contributed by atoms with Crippen molar-refractivity contribution in [3.63, 3.8) is 0 Å². The first-order chi connectivity index (χ1) is 7.70. The number of aromatic nitrogens is 1. The third-order valence-corrected chi connectivity index (χ3v) is 2.39. The minimum Gasteiger partial charge on any atom is -0.380 e. The van der Waals surface area contributed by atoms with E-state index in [9.17, 15) is 9.90 Å². The minimum atomic E-state index is -1.44. The van der Waals surface area contributed by atoms with Crippen LogP contribution in [0.2, 0.25) is 0 Å². The van der Waals surface area contributed by atoms with E-state index in [-0.39, 0.29) is 11.1 Å². The number of fused-ring (bicyclic) bond motifs is 1. The Balaban J connectivity index is 2.78. The van der Waals surface area contributed by atoms with Crippen molar-refractivity contribution in [3.8, 4) is 12.1 Å². The summed E-state index contributed by atoms with van der Waals surface area (Å²) < 4.78 is 0. The lowest BCUT2D eigenvalue weighted by atomic mass is 10.0. The van der Waals surface area contributed by atoms with Crippen LogP contribution in [0.3, 0.4) is 0 Å². The first-order valence-electron chi connectivity index (χ1n) is 4.41. The van der Waals surface area contributed by atoms with E-state index >= 15 is 0 Å². The third-order valence-electron chi connectivity index (χ3n) is 2.39. The summed E-state index contributed by atoms with van der Waals surface area (Å²) in [5.74, 6) is -0.504. The Bertz CT molecular complexity index is 574. The number of allylic oxidation sites excluding steroid dienone is 1. The highest BCUT2D eigenvalue weighted by Gasteiger charge is 2.36. The van der Waals surface area contributed by atoms with Gasteiger partial charge in [-0.3, -0.25) is 9.78 Å². The Morgan fingerprint density at radius 1 is 1.38 bits per heavy atom. The number of carbonyl (C=O) groups is 1. The van der Waals surface area contributed by atoms with Crippen molar-refractivity contribution in [2.75, 3.05) is 0 Å². The molecule has 1 aliphatic rings. The number of hydrogen-bond acceptors (Lipinski definition) is 5. The maximum Gasteiger partial charge on any atom is 0.196 e. The van der Waals surface area contributed by atoms with Crippen molar-refractivity contribution in [3.05, 3.63) is 35.2 Å². The fourth-order valence-electron chi connectivity index (χ4n) is 1.67. The zero-order valence-electron chi connectivity index (χ0n) is 8.01. The molecule has 0 saturated carbocycles. The van der Waals surface area contributed by atoms with Crippen molar-refractivity contribution in [1.29, 1.82) is 10.5 Å². The lowest BCUT2D eigenvalue weighted by Gasteiger charge is -2.02. The number of aliphatic hydroxyl groups excluding tert-OH is 1. The highest BCUT2D eigenvalue weighted by molar-refractivity contribution is 6.16. The van der Waals surface area contributed by atoms with Gasteiger partial charge in [-0.25, -0.2) is 0 Å². The van der Waals surface area contributed by atoms with Crippen LogP contribution in [0.15, 0.2) is 24.0 Å². The first-order valence-corrected chi connectivity index (χ1v) is 4.41. The lowest BCUT2D eigenvalue weighted by molar-refractivity contribution is 0.0847. The van der Waals surface area contributed by atoms with Gasteiger partial charge in [0, 0.05) is 29.1 Å². The Morgan fingerprint density at radius 2 is 2.06 bits per heavy atom. The van der Waals surface area contributed by atoms with Crippen LogP contribution in [-0.2, 0) is 0 Å². The van der Waals surface area contributed by atoms with E-state index in [1.54, 1.807) is 12.1 Å². The molecule has 16 heavy (non-hydrogen) atoms. The molecule has 0 fully saturated rings. The predicted octanol–water partition coefficient (Wildman–Crippen LogP) is 0.440. The highest BCUT2D eigenvalue weighted by Crippen LogP contribution is 2.33. The molecule has 0 spiro atoms. The average Bonchev–Trinajstić information content (AvgIpc) is 2.57. The van der Waals surface area contributed by atoms with E-state index in [0.29, 0.717) is 11.1 Å². The highest BCUT2D eigenvalue weighted by atomic mass is 16.3. The SMILES string of the molecule is N#CC(C#N)=C1c2cnccc2C(=O)C1O. The van der Waals surface area contributed by atoms with Gasteiger partial charge >= 0.3 is 0 Å². The normalized spacial score (nSPS) is 17.6. The topological polar surface area (TPSA) is 97.8 Å². The number of nitrogens with zero attached hydrogens (tertiary/aromatic N) is 3. The number of Topliss-reactive ketones (excluding diaryl/α,β-unsaturated/α-hetero) is 1. The zero-order chi connectivity index (χ0) is 11.7. The van der Waals surface area contributed by atoms with Crippen molar-refractivity contribution < 1.29 is 9.90 Å². The summed E-state index contributed by atoms with van der Waals surface area (Å²) in [5, 5.41) is 27.2. The Labute approximate surface area is 90.9 Å². The van der Waals surface area contributed by atoms with Gasteiger partial charge in [0.15, 0.2) is 5.78 Å². The second kappa shape index (κ2) is 3.58. The van der Waals surface area contributed by atoms with Crippen LogP contribution in [0.1, 0.15) is 15.9 Å². The number of ketones is 1. The summed E-state index contributed by atoms with van der Waals surface area (Å²) in [5.41, 5.74) is 0.448. The fourth-order valence-corrected chi connectivity index (χ4v) is 1.67. The van der Waals surface area contributed by atoms with Crippen molar-refractivity contribution in [2.45, 2.75) is 6.10 Å². The molecule has 1 aliphatic carbocycles. The molecular formula is C11H5N3O2. The molecule has 76 valence electrons. The summed E-state index contributed by atoms with van der Waals surface area (Å²) in [7, 11) is 0. The van der Waals surface area contributed by atoms with Crippen LogP contribution in [0.25, 0.3) is 5.57 Å². The van der Waals surface area contributed by atoms with Gasteiger partial charge < -0.3 is 5.11 Å². The van der Waals surface area contributed by atoms with Gasteiger partial charge in [0.2, 0.25) is 0 Å². The second-order valence-corrected chi connectivity index (χ2v) is 3.20. The van der Waals surface area contributed by atoms with E-state index in [4.69, 9.17) is 10.5 Å². The number of rotatable bonds is 0. The van der Waals surface area contributed by atoms with Gasteiger partial charge in [0.25, 0.3) is 0 Å². The molecule has 0 saturated heterocycles. The number of carbonyl (C=O) groups excluding carboxylic acids is 1. The maximum absolute atomic E-state index is 11.6. The molecule has 0 aromatic carbocycles. The summed E-state index contributed by atoms with van der Waals surface area (Å²) in [6.45, 7) is 0. The molecular weight excluding hydrogens is 206 g/mol. The van der Waals surface area contributed by atoms with Crippen LogP contribution < -0.4 is 0 Å². The predicted molar refractivity (Wildman–Crippen MR) is 52.7 cm³/mol. The minimum absolute atomic E-state index is 0.0538. The van der Waals surface area contributed by atoms with E-state index < -0.39 is 11.9 Å². The van der Waals surface area contributed by atoms with Gasteiger partial charge in [0.1, 0.15) is 23.8 Å². The molecule has 5 heteroatoms. The quantitative estimate of drug-likeness (QED) is 0.628. The molecule has 1 heterocycles. The van der Waals surface area contributed by atoms with Crippen LogP contribution in [0, 0.1) is 22.7 Å². The van der Waals surface area contributed by atoms with Gasteiger partial charge in [-0.15, -0.1) is 0 Å². The smallest absolute Gasteiger partial charge is 0.196 e. The summed E-state index contributed by atoms with van der Waals surface area (Å²) in [4.78, 5) is 15.4. The van der Waals surface area contributed by atoms with Gasteiger partial charge in [-0.2, -0.15) is 10.5 Å². The molecule has 0 radical (unpaired) electrons. The third kappa shape index (κ3) is 1.20. The maximum atomic E-state index is 11.6. The molecule has 1 aromatic heterocycles. The Hall–Kier alpha value is -2.50. The van der Waals surface area contributed by atoms with Crippen molar-refractivity contribution in [2.24, 2.45) is 0 Å². The van der Waals surface area contributed by atoms with Gasteiger partial charge in [0.05, 0.1) is 0 Å². The van der Waals surface area contributed by atoms with E-state index in [1.165, 1.54) is 18.5 Å².